The van der Waals surface area contributed by atoms with Crippen LogP contribution in [0.1, 0.15) is 15.9 Å². The highest BCUT2D eigenvalue weighted by Crippen LogP contribution is 2.29. The van der Waals surface area contributed by atoms with Crippen molar-refractivity contribution in [2.45, 2.75) is 6.92 Å². The number of hydrogen-bond donors (Lipinski definition) is 3. The van der Waals surface area contributed by atoms with E-state index in [1.807, 2.05) is 6.07 Å². The molecule has 0 saturated heterocycles. The molecule has 0 aliphatic rings. The van der Waals surface area contributed by atoms with E-state index in [2.05, 4.69) is 10.6 Å². The Morgan fingerprint density at radius 3 is 2.57 bits per heavy atom. The highest BCUT2D eigenvalue weighted by atomic mass is 35.5. The van der Waals surface area contributed by atoms with Crippen molar-refractivity contribution in [1.29, 1.82) is 0 Å². The van der Waals surface area contributed by atoms with Crippen LogP contribution in [0.4, 0.5) is 5.69 Å². The van der Waals surface area contributed by atoms with Gasteiger partial charge in [-0.3, -0.25) is 9.59 Å². The van der Waals surface area contributed by atoms with Gasteiger partial charge in [0.1, 0.15) is 11.3 Å². The van der Waals surface area contributed by atoms with Crippen molar-refractivity contribution >= 4 is 45.8 Å². The average Bonchev–Trinajstić information content (AvgIpc) is 2.74. The zero-order valence-electron chi connectivity index (χ0n) is 16.1. The van der Waals surface area contributed by atoms with E-state index in [9.17, 15) is 19.5 Å². The third-order valence-corrected chi connectivity index (χ3v) is 4.85. The van der Waals surface area contributed by atoms with Gasteiger partial charge in [-0.05, 0) is 36.1 Å². The number of aromatic hydroxyl groups is 1. The number of halogens is 1. The molecule has 0 aliphatic carbocycles. The van der Waals surface area contributed by atoms with E-state index in [0.29, 0.717) is 21.7 Å². The molecule has 0 aromatic heterocycles. The van der Waals surface area contributed by atoms with Crippen LogP contribution in [0.15, 0.2) is 54.6 Å². The monoisotopic (exact) mass is 426 g/mol. The number of carbonyl (C=O) groups excluding carboxylic acids is 3. The van der Waals surface area contributed by atoms with Crippen LogP contribution in [0.5, 0.6) is 5.75 Å². The predicted octanol–water partition coefficient (Wildman–Crippen LogP) is 3.42. The minimum atomic E-state index is -0.840. The van der Waals surface area contributed by atoms with Crippen molar-refractivity contribution < 1.29 is 24.2 Å². The molecule has 30 heavy (non-hydrogen) atoms. The average molecular weight is 427 g/mol. The van der Waals surface area contributed by atoms with Crippen LogP contribution in [0, 0.1) is 6.92 Å². The lowest BCUT2D eigenvalue weighted by molar-refractivity contribution is -0.126. The first-order valence-electron chi connectivity index (χ1n) is 9.06. The Balaban J connectivity index is 1.51. The summed E-state index contributed by atoms with van der Waals surface area (Å²) in [7, 11) is 0. The molecule has 3 rings (SSSR count). The highest BCUT2D eigenvalue weighted by molar-refractivity contribution is 6.31. The summed E-state index contributed by atoms with van der Waals surface area (Å²) in [5.41, 5.74) is 1.21. The molecule has 0 bridgehead atoms. The Hall–Kier alpha value is -3.58. The Morgan fingerprint density at radius 2 is 1.77 bits per heavy atom. The summed E-state index contributed by atoms with van der Waals surface area (Å²) >= 11 is 6.00. The van der Waals surface area contributed by atoms with Crippen molar-refractivity contribution in [3.63, 3.8) is 0 Å². The quantitative estimate of drug-likeness (QED) is 0.524. The Kier molecular flexibility index (Phi) is 6.54. The maximum absolute atomic E-state index is 12.2. The second kappa shape index (κ2) is 9.28. The van der Waals surface area contributed by atoms with Gasteiger partial charge in [-0.1, -0.05) is 48.0 Å². The third kappa shape index (κ3) is 4.87. The molecule has 154 valence electrons. The van der Waals surface area contributed by atoms with E-state index in [4.69, 9.17) is 16.3 Å². The summed E-state index contributed by atoms with van der Waals surface area (Å²) in [4.78, 5) is 36.1. The van der Waals surface area contributed by atoms with Gasteiger partial charge in [0.15, 0.2) is 6.61 Å². The molecule has 0 radical (unpaired) electrons. The van der Waals surface area contributed by atoms with Crippen LogP contribution < -0.4 is 10.6 Å². The normalized spacial score (nSPS) is 10.5. The van der Waals surface area contributed by atoms with E-state index in [1.54, 1.807) is 49.4 Å². The summed E-state index contributed by atoms with van der Waals surface area (Å²) in [6, 6.07) is 15.2. The number of esters is 1. The zero-order valence-corrected chi connectivity index (χ0v) is 16.8. The molecule has 0 unspecified atom stereocenters. The molecule has 3 N–H and O–H groups in total. The van der Waals surface area contributed by atoms with Crippen LogP contribution in [0.2, 0.25) is 5.02 Å². The van der Waals surface area contributed by atoms with Crippen molar-refractivity contribution in [2.75, 3.05) is 18.5 Å². The van der Waals surface area contributed by atoms with Crippen LogP contribution >= 0.6 is 11.6 Å². The van der Waals surface area contributed by atoms with Gasteiger partial charge in [-0.25, -0.2) is 4.79 Å². The maximum Gasteiger partial charge on any atom is 0.342 e. The SMILES string of the molecule is Cc1c(Cl)cccc1NC(=O)CNC(=O)COC(=O)c1ccc2ccccc2c1O. The number of rotatable bonds is 6. The summed E-state index contributed by atoms with van der Waals surface area (Å²) in [6.45, 7) is 0.871. The van der Waals surface area contributed by atoms with Crippen LogP contribution in [0.25, 0.3) is 10.8 Å². The first-order chi connectivity index (χ1) is 14.4. The molecule has 8 heteroatoms. The minimum absolute atomic E-state index is 0.0457. The van der Waals surface area contributed by atoms with Gasteiger partial charge >= 0.3 is 5.97 Å². The van der Waals surface area contributed by atoms with Gasteiger partial charge in [-0.15, -0.1) is 0 Å². The topological polar surface area (TPSA) is 105 Å². The summed E-state index contributed by atoms with van der Waals surface area (Å²) in [6.07, 6.45) is 0. The smallest absolute Gasteiger partial charge is 0.342 e. The molecule has 0 fully saturated rings. The number of amides is 2. The van der Waals surface area contributed by atoms with E-state index in [-0.39, 0.29) is 17.9 Å². The number of nitrogens with one attached hydrogen (secondary N) is 2. The molecule has 0 atom stereocenters. The van der Waals surface area contributed by atoms with Gasteiger partial charge in [0, 0.05) is 16.1 Å². The summed E-state index contributed by atoms with van der Waals surface area (Å²) in [5.74, 6) is -2.16. The van der Waals surface area contributed by atoms with Gasteiger partial charge in [0.25, 0.3) is 5.91 Å². The minimum Gasteiger partial charge on any atom is -0.506 e. The fraction of sp³-hybridized carbons (Fsp3) is 0.136. The van der Waals surface area contributed by atoms with Crippen molar-refractivity contribution in [2.24, 2.45) is 0 Å². The number of fused-ring (bicyclic) bond motifs is 1. The number of carbonyl (C=O) groups is 3. The van der Waals surface area contributed by atoms with Gasteiger partial charge in [-0.2, -0.15) is 0 Å². The standard InChI is InChI=1S/C22H19ClN2O5/c1-13-17(23)7-4-8-18(13)25-19(26)11-24-20(27)12-30-22(29)16-10-9-14-5-2-3-6-15(14)21(16)28/h2-10,28H,11-12H2,1H3,(H,24,27)(H,25,26). The molecule has 0 saturated carbocycles. The van der Waals surface area contributed by atoms with Crippen LogP contribution in [0.3, 0.4) is 0 Å². The van der Waals surface area contributed by atoms with E-state index in [1.165, 1.54) is 6.07 Å². The fourth-order valence-electron chi connectivity index (χ4n) is 2.80. The number of ether oxygens (including phenoxy) is 1. The predicted molar refractivity (Wildman–Crippen MR) is 114 cm³/mol. The molecule has 7 nitrogen and oxygen atoms in total. The maximum atomic E-state index is 12.2. The van der Waals surface area contributed by atoms with E-state index < -0.39 is 24.4 Å². The number of anilines is 1. The van der Waals surface area contributed by atoms with Gasteiger partial charge in [0.05, 0.1) is 6.54 Å². The Morgan fingerprint density at radius 1 is 1.00 bits per heavy atom. The molecule has 0 spiro atoms. The zero-order chi connectivity index (χ0) is 21.7. The second-order valence-corrected chi connectivity index (χ2v) is 6.90. The first-order valence-corrected chi connectivity index (χ1v) is 9.44. The lowest BCUT2D eigenvalue weighted by Gasteiger charge is -2.11. The lowest BCUT2D eigenvalue weighted by atomic mass is 10.1. The molecule has 3 aromatic rings. The van der Waals surface area contributed by atoms with E-state index in [0.717, 1.165) is 5.39 Å². The molecule has 0 aliphatic heterocycles. The van der Waals surface area contributed by atoms with Crippen molar-refractivity contribution in [3.05, 3.63) is 70.7 Å². The van der Waals surface area contributed by atoms with E-state index >= 15 is 0 Å². The van der Waals surface area contributed by atoms with Gasteiger partial charge < -0.3 is 20.5 Å². The highest BCUT2D eigenvalue weighted by Gasteiger charge is 2.17. The molecule has 2 amide bonds. The molecular formula is C22H19ClN2O5. The molecule has 3 aromatic carbocycles. The largest absolute Gasteiger partial charge is 0.506 e. The number of phenols is 1. The van der Waals surface area contributed by atoms with Crippen molar-refractivity contribution in [1.82, 2.24) is 5.32 Å². The first kappa shape index (κ1) is 21.1. The van der Waals surface area contributed by atoms with Crippen LogP contribution in [-0.2, 0) is 14.3 Å². The number of benzene rings is 3. The molecule has 0 heterocycles. The lowest BCUT2D eigenvalue weighted by Crippen LogP contribution is -2.35. The van der Waals surface area contributed by atoms with Gasteiger partial charge in [0.2, 0.25) is 5.91 Å². The Labute approximate surface area is 177 Å². The third-order valence-electron chi connectivity index (χ3n) is 4.44. The number of hydrogen-bond acceptors (Lipinski definition) is 5. The summed E-state index contributed by atoms with van der Waals surface area (Å²) < 4.78 is 4.94. The second-order valence-electron chi connectivity index (χ2n) is 6.50. The fourth-order valence-corrected chi connectivity index (χ4v) is 2.97. The molecular weight excluding hydrogens is 408 g/mol. The summed E-state index contributed by atoms with van der Waals surface area (Å²) in [5, 5.41) is 17.1. The Bertz CT molecular complexity index is 1130. The number of phenolic OH excluding ortho intramolecular Hbond substituents is 1. The van der Waals surface area contributed by atoms with Crippen molar-refractivity contribution in [3.8, 4) is 5.75 Å². The van der Waals surface area contributed by atoms with Crippen LogP contribution in [-0.4, -0.2) is 36.0 Å².